The third-order valence-electron chi connectivity index (χ3n) is 7.62. The Morgan fingerprint density at radius 2 is 1.57 bits per heavy atom. The number of carbonyl (C=O) groups excluding carboxylic acids is 2. The number of amides is 2. The van der Waals surface area contributed by atoms with Crippen molar-refractivity contribution in [1.29, 1.82) is 0 Å². The van der Waals surface area contributed by atoms with Gasteiger partial charge >= 0.3 is 0 Å². The van der Waals surface area contributed by atoms with Crippen molar-refractivity contribution in [3.8, 4) is 0 Å². The van der Waals surface area contributed by atoms with Crippen LogP contribution < -0.4 is 5.32 Å². The second-order valence-electron chi connectivity index (χ2n) is 9.70. The van der Waals surface area contributed by atoms with E-state index in [2.05, 4.69) is 5.32 Å². The average Bonchev–Trinajstić information content (AvgIpc) is 2.69. The van der Waals surface area contributed by atoms with Gasteiger partial charge in [0.15, 0.2) is 0 Å². The van der Waals surface area contributed by atoms with E-state index in [4.69, 9.17) is 11.6 Å². The van der Waals surface area contributed by atoms with E-state index < -0.39 is 0 Å². The first-order valence-electron chi connectivity index (χ1n) is 10.9. The lowest BCUT2D eigenvalue weighted by molar-refractivity contribution is -0.140. The molecule has 1 N–H and O–H groups in total. The van der Waals surface area contributed by atoms with Crippen molar-refractivity contribution in [3.63, 3.8) is 0 Å². The summed E-state index contributed by atoms with van der Waals surface area (Å²) in [6.45, 7) is 1.63. The SMILES string of the molecule is O=C(c1ccc(Cl)c(NC(=O)C23CC4CC(CC(C4)C2)C3)c1)N1CCCCC1. The number of piperidine rings is 1. The fraction of sp³-hybridized carbons (Fsp3) is 0.652. The zero-order chi connectivity index (χ0) is 19.3. The Morgan fingerprint density at radius 3 is 2.18 bits per heavy atom. The summed E-state index contributed by atoms with van der Waals surface area (Å²) in [6.07, 6.45) is 10.3. The van der Waals surface area contributed by atoms with Gasteiger partial charge in [0, 0.05) is 18.7 Å². The number of anilines is 1. The van der Waals surface area contributed by atoms with Crippen LogP contribution in [0.15, 0.2) is 18.2 Å². The molecule has 2 amide bonds. The first kappa shape index (κ1) is 18.5. The summed E-state index contributed by atoms with van der Waals surface area (Å²) in [6, 6.07) is 5.30. The second-order valence-corrected chi connectivity index (χ2v) is 10.1. The number of nitrogens with one attached hydrogen (secondary N) is 1. The highest BCUT2D eigenvalue weighted by molar-refractivity contribution is 6.34. The van der Waals surface area contributed by atoms with Gasteiger partial charge in [-0.25, -0.2) is 0 Å². The smallest absolute Gasteiger partial charge is 0.253 e. The van der Waals surface area contributed by atoms with E-state index in [0.29, 0.717) is 16.3 Å². The maximum atomic E-state index is 13.3. The Bertz CT molecular complexity index is 765. The van der Waals surface area contributed by atoms with Gasteiger partial charge in [0.2, 0.25) is 5.91 Å². The van der Waals surface area contributed by atoms with Gasteiger partial charge in [-0.3, -0.25) is 9.59 Å². The lowest BCUT2D eigenvalue weighted by atomic mass is 9.49. The highest BCUT2D eigenvalue weighted by Gasteiger charge is 2.54. The molecule has 1 aromatic rings. The molecule has 6 rings (SSSR count). The summed E-state index contributed by atoms with van der Waals surface area (Å²) in [7, 11) is 0. The summed E-state index contributed by atoms with van der Waals surface area (Å²) >= 11 is 6.40. The van der Waals surface area contributed by atoms with Crippen LogP contribution in [0.2, 0.25) is 5.02 Å². The van der Waals surface area contributed by atoms with Crippen molar-refractivity contribution >= 4 is 29.1 Å². The number of hydrogen-bond acceptors (Lipinski definition) is 2. The molecule has 0 unspecified atom stereocenters. The van der Waals surface area contributed by atoms with E-state index in [1.807, 2.05) is 4.90 Å². The molecular formula is C23H29ClN2O2. The molecule has 1 saturated heterocycles. The topological polar surface area (TPSA) is 49.4 Å². The zero-order valence-electron chi connectivity index (χ0n) is 16.4. The molecule has 1 aliphatic heterocycles. The van der Waals surface area contributed by atoms with Crippen LogP contribution in [0.4, 0.5) is 5.69 Å². The summed E-state index contributed by atoms with van der Waals surface area (Å²) in [5, 5.41) is 3.63. The van der Waals surface area contributed by atoms with E-state index in [1.54, 1.807) is 18.2 Å². The standard InChI is InChI=1S/C23H29ClN2O2/c24-19-5-4-18(21(27)26-6-2-1-3-7-26)11-20(19)25-22(28)23-12-15-8-16(13-23)10-17(9-15)14-23/h4-5,11,15-17H,1-3,6-10,12-14H2,(H,25,28). The van der Waals surface area contributed by atoms with Gasteiger partial charge in [-0.1, -0.05) is 11.6 Å². The second kappa shape index (κ2) is 7.05. The van der Waals surface area contributed by atoms with Gasteiger partial charge in [-0.15, -0.1) is 0 Å². The van der Waals surface area contributed by atoms with Gasteiger partial charge in [0.05, 0.1) is 16.1 Å². The van der Waals surface area contributed by atoms with Crippen LogP contribution >= 0.6 is 11.6 Å². The molecule has 0 aromatic heterocycles. The Kier molecular flexibility index (Phi) is 4.65. The molecule has 5 aliphatic rings. The molecule has 0 spiro atoms. The number of rotatable bonds is 3. The average molecular weight is 401 g/mol. The first-order valence-corrected chi connectivity index (χ1v) is 11.3. The molecule has 5 fully saturated rings. The molecule has 4 nitrogen and oxygen atoms in total. The predicted molar refractivity (Wildman–Crippen MR) is 110 cm³/mol. The van der Waals surface area contributed by atoms with E-state index in [0.717, 1.165) is 62.9 Å². The summed E-state index contributed by atoms with van der Waals surface area (Å²) in [4.78, 5) is 28.1. The van der Waals surface area contributed by atoms with Crippen molar-refractivity contribution < 1.29 is 9.59 Å². The van der Waals surface area contributed by atoms with E-state index in [1.165, 1.54) is 25.7 Å². The molecule has 4 bridgehead atoms. The minimum Gasteiger partial charge on any atom is -0.339 e. The van der Waals surface area contributed by atoms with Crippen molar-refractivity contribution in [2.75, 3.05) is 18.4 Å². The van der Waals surface area contributed by atoms with Crippen LogP contribution in [-0.2, 0) is 4.79 Å². The lowest BCUT2D eigenvalue weighted by Crippen LogP contribution is -2.51. The Morgan fingerprint density at radius 1 is 0.964 bits per heavy atom. The number of benzene rings is 1. The van der Waals surface area contributed by atoms with Crippen molar-refractivity contribution in [2.24, 2.45) is 23.2 Å². The molecule has 150 valence electrons. The third-order valence-corrected chi connectivity index (χ3v) is 7.95. The largest absolute Gasteiger partial charge is 0.339 e. The highest BCUT2D eigenvalue weighted by atomic mass is 35.5. The van der Waals surface area contributed by atoms with Gasteiger partial charge < -0.3 is 10.2 Å². The fourth-order valence-electron chi connectivity index (χ4n) is 6.68. The number of carbonyl (C=O) groups is 2. The minimum absolute atomic E-state index is 0.0432. The van der Waals surface area contributed by atoms with Crippen LogP contribution in [0.3, 0.4) is 0 Å². The fourth-order valence-corrected chi connectivity index (χ4v) is 6.84. The van der Waals surface area contributed by atoms with Crippen LogP contribution in [0.5, 0.6) is 0 Å². The van der Waals surface area contributed by atoms with Crippen molar-refractivity contribution in [1.82, 2.24) is 4.90 Å². The monoisotopic (exact) mass is 400 g/mol. The Labute approximate surface area is 172 Å². The quantitative estimate of drug-likeness (QED) is 0.765. The number of nitrogens with zero attached hydrogens (tertiary/aromatic N) is 1. The molecule has 4 saturated carbocycles. The Balaban J connectivity index is 1.35. The highest BCUT2D eigenvalue weighted by Crippen LogP contribution is 2.60. The van der Waals surface area contributed by atoms with Crippen molar-refractivity contribution in [3.05, 3.63) is 28.8 Å². The van der Waals surface area contributed by atoms with E-state index in [9.17, 15) is 9.59 Å². The van der Waals surface area contributed by atoms with Gasteiger partial charge in [0.25, 0.3) is 5.91 Å². The summed E-state index contributed by atoms with van der Waals surface area (Å²) in [5.74, 6) is 2.33. The normalized spacial score (nSPS) is 33.8. The lowest BCUT2D eigenvalue weighted by Gasteiger charge is -2.55. The Hall–Kier alpha value is -1.55. The molecule has 1 aromatic carbocycles. The molecule has 28 heavy (non-hydrogen) atoms. The van der Waals surface area contributed by atoms with Crippen LogP contribution in [0, 0.1) is 23.2 Å². The van der Waals surface area contributed by atoms with E-state index >= 15 is 0 Å². The zero-order valence-corrected chi connectivity index (χ0v) is 17.1. The molecule has 5 heteroatoms. The predicted octanol–water partition coefficient (Wildman–Crippen LogP) is 5.12. The van der Waals surface area contributed by atoms with Crippen LogP contribution in [0.1, 0.15) is 68.1 Å². The molecule has 0 radical (unpaired) electrons. The molecular weight excluding hydrogens is 372 g/mol. The van der Waals surface area contributed by atoms with Crippen LogP contribution in [-0.4, -0.2) is 29.8 Å². The van der Waals surface area contributed by atoms with E-state index in [-0.39, 0.29) is 17.2 Å². The maximum absolute atomic E-state index is 13.3. The van der Waals surface area contributed by atoms with Crippen LogP contribution in [0.25, 0.3) is 0 Å². The maximum Gasteiger partial charge on any atom is 0.253 e. The third kappa shape index (κ3) is 3.24. The molecule has 4 aliphatic carbocycles. The summed E-state index contributed by atoms with van der Waals surface area (Å²) < 4.78 is 0. The summed E-state index contributed by atoms with van der Waals surface area (Å²) in [5.41, 5.74) is 0.989. The number of halogens is 1. The number of hydrogen-bond donors (Lipinski definition) is 1. The van der Waals surface area contributed by atoms with Gasteiger partial charge in [-0.2, -0.15) is 0 Å². The van der Waals surface area contributed by atoms with Gasteiger partial charge in [-0.05, 0) is 93.7 Å². The van der Waals surface area contributed by atoms with Gasteiger partial charge in [0.1, 0.15) is 0 Å². The van der Waals surface area contributed by atoms with Crippen molar-refractivity contribution in [2.45, 2.75) is 57.8 Å². The molecule has 1 heterocycles. The molecule has 0 atom stereocenters. The first-order chi connectivity index (χ1) is 13.5. The number of likely N-dealkylation sites (tertiary alicyclic amines) is 1. The minimum atomic E-state index is -0.217.